The first kappa shape index (κ1) is 12.5. The van der Waals surface area contributed by atoms with E-state index in [0.29, 0.717) is 5.69 Å². The van der Waals surface area contributed by atoms with Gasteiger partial charge in [-0.2, -0.15) is 0 Å². The number of aliphatic imine (C=N–C) groups is 1. The van der Waals surface area contributed by atoms with Gasteiger partial charge in [-0.1, -0.05) is 32.5 Å². The molecule has 0 bridgehead atoms. The van der Waals surface area contributed by atoms with Crippen molar-refractivity contribution in [1.82, 2.24) is 9.97 Å². The molecular formula is C11H12ClN3OS. The Morgan fingerprint density at radius 2 is 2.12 bits per heavy atom. The highest BCUT2D eigenvalue weighted by atomic mass is 35.5. The van der Waals surface area contributed by atoms with Crippen LogP contribution in [0.1, 0.15) is 31.7 Å². The number of nitrogens with zero attached hydrogens (tertiary/aromatic N) is 3. The van der Waals surface area contributed by atoms with E-state index in [1.807, 2.05) is 20.8 Å². The third kappa shape index (κ3) is 2.66. The zero-order chi connectivity index (χ0) is 12.6. The maximum absolute atomic E-state index is 11.8. The van der Waals surface area contributed by atoms with Crippen LogP contribution in [0.25, 0.3) is 0 Å². The summed E-state index contributed by atoms with van der Waals surface area (Å²) < 4.78 is 0. The van der Waals surface area contributed by atoms with E-state index in [1.165, 1.54) is 11.8 Å². The molecule has 6 heteroatoms. The lowest BCUT2D eigenvalue weighted by Crippen LogP contribution is -2.15. The minimum Gasteiger partial charge on any atom is -0.271 e. The van der Waals surface area contributed by atoms with E-state index in [-0.39, 0.29) is 21.9 Å². The van der Waals surface area contributed by atoms with Crippen LogP contribution < -0.4 is 0 Å². The second-order valence-electron chi connectivity index (χ2n) is 4.75. The monoisotopic (exact) mass is 269 g/mol. The molecule has 1 aromatic heterocycles. The number of aromatic nitrogens is 2. The lowest BCUT2D eigenvalue weighted by atomic mass is 9.99. The summed E-state index contributed by atoms with van der Waals surface area (Å²) in [6.45, 7) is 6.09. The predicted molar refractivity (Wildman–Crippen MR) is 69.3 cm³/mol. The van der Waals surface area contributed by atoms with Gasteiger partial charge in [0, 0.05) is 11.6 Å². The fourth-order valence-electron chi connectivity index (χ4n) is 1.37. The number of rotatable bonds is 1. The summed E-state index contributed by atoms with van der Waals surface area (Å²) in [4.78, 5) is 23.8. The number of carbonyl (C=O) groups excluding carboxylic acids is 1. The lowest BCUT2D eigenvalue weighted by Gasteiger charge is -2.17. The van der Waals surface area contributed by atoms with Gasteiger partial charge in [-0.15, -0.1) is 0 Å². The van der Waals surface area contributed by atoms with E-state index in [4.69, 9.17) is 11.6 Å². The van der Waals surface area contributed by atoms with E-state index >= 15 is 0 Å². The molecule has 1 aliphatic heterocycles. The van der Waals surface area contributed by atoms with Crippen LogP contribution in [-0.4, -0.2) is 20.9 Å². The van der Waals surface area contributed by atoms with Crippen LogP contribution >= 0.6 is 23.4 Å². The number of amides is 1. The highest BCUT2D eigenvalue weighted by molar-refractivity contribution is 8.15. The minimum absolute atomic E-state index is 0.119. The Hall–Kier alpha value is -0.940. The third-order valence-electron chi connectivity index (χ3n) is 2.22. The molecule has 17 heavy (non-hydrogen) atoms. The fourth-order valence-corrected chi connectivity index (χ4v) is 2.65. The van der Waals surface area contributed by atoms with Gasteiger partial charge >= 0.3 is 0 Å². The number of thioether (sulfide) groups is 1. The maximum Gasteiger partial charge on any atom is 0.266 e. The molecule has 1 amide bonds. The Kier molecular flexibility index (Phi) is 3.23. The van der Waals surface area contributed by atoms with Crippen LogP contribution in [0.15, 0.2) is 17.3 Å². The molecule has 2 rings (SSSR count). The molecule has 0 radical (unpaired) electrons. The summed E-state index contributed by atoms with van der Waals surface area (Å²) in [5.41, 5.74) is 0.495. The summed E-state index contributed by atoms with van der Waals surface area (Å²) in [5, 5.41) is 0.604. The van der Waals surface area contributed by atoms with Crippen LogP contribution in [0.2, 0.25) is 5.28 Å². The molecule has 2 heterocycles. The highest BCUT2D eigenvalue weighted by Gasteiger charge is 2.36. The second-order valence-corrected chi connectivity index (χ2v) is 6.19. The van der Waals surface area contributed by atoms with Crippen molar-refractivity contribution in [2.45, 2.75) is 26.0 Å². The second kappa shape index (κ2) is 4.38. The molecule has 1 aromatic rings. The summed E-state index contributed by atoms with van der Waals surface area (Å²) >= 11 is 7.16. The molecule has 1 atom stereocenters. The van der Waals surface area contributed by atoms with E-state index in [2.05, 4.69) is 15.0 Å². The van der Waals surface area contributed by atoms with Crippen molar-refractivity contribution in [3.05, 3.63) is 23.2 Å². The van der Waals surface area contributed by atoms with Crippen molar-refractivity contribution in [2.24, 2.45) is 10.4 Å². The van der Waals surface area contributed by atoms with E-state index < -0.39 is 0 Å². The standard InChI is InChI=1S/C11H12ClN3OS/c1-11(2,3)9-15-8(16)7(17-9)6-4-5-13-10(12)14-6/h4-5,7H,1-3H3. The molecule has 1 aliphatic rings. The molecular weight excluding hydrogens is 258 g/mol. The Bertz CT molecular complexity index is 496. The zero-order valence-corrected chi connectivity index (χ0v) is 11.3. The SMILES string of the molecule is CC(C)(C)C1=NC(=O)C(c2ccnc(Cl)n2)S1. The first-order chi connectivity index (χ1) is 7.88. The van der Waals surface area contributed by atoms with Gasteiger partial charge in [0.1, 0.15) is 5.25 Å². The third-order valence-corrected chi connectivity index (χ3v) is 4.01. The van der Waals surface area contributed by atoms with Gasteiger partial charge in [0.15, 0.2) is 0 Å². The summed E-state index contributed by atoms with van der Waals surface area (Å²) in [6.07, 6.45) is 1.55. The van der Waals surface area contributed by atoms with E-state index in [0.717, 1.165) is 5.04 Å². The Morgan fingerprint density at radius 1 is 1.41 bits per heavy atom. The predicted octanol–water partition coefficient (Wildman–Crippen LogP) is 2.89. The number of halogens is 1. The maximum atomic E-state index is 11.8. The molecule has 0 saturated heterocycles. The van der Waals surface area contributed by atoms with E-state index in [1.54, 1.807) is 12.3 Å². The summed E-state index contributed by atoms with van der Waals surface area (Å²) in [6, 6.07) is 1.70. The zero-order valence-electron chi connectivity index (χ0n) is 9.77. The van der Waals surface area contributed by atoms with Gasteiger partial charge in [0.05, 0.1) is 10.7 Å². The number of carbonyl (C=O) groups is 1. The minimum atomic E-state index is -0.385. The van der Waals surface area contributed by atoms with Crippen LogP contribution in [-0.2, 0) is 4.79 Å². The smallest absolute Gasteiger partial charge is 0.266 e. The Morgan fingerprint density at radius 3 is 2.65 bits per heavy atom. The molecule has 0 N–H and O–H groups in total. The Balaban J connectivity index is 2.26. The average molecular weight is 270 g/mol. The van der Waals surface area contributed by atoms with Crippen LogP contribution in [0, 0.1) is 5.41 Å². The quantitative estimate of drug-likeness (QED) is 0.736. The van der Waals surface area contributed by atoms with Gasteiger partial charge in [0.25, 0.3) is 5.91 Å². The van der Waals surface area contributed by atoms with Crippen molar-refractivity contribution in [1.29, 1.82) is 0 Å². The molecule has 0 fully saturated rings. The van der Waals surface area contributed by atoms with E-state index in [9.17, 15) is 4.79 Å². The van der Waals surface area contributed by atoms with Crippen LogP contribution in [0.4, 0.5) is 0 Å². The van der Waals surface area contributed by atoms with Crippen molar-refractivity contribution in [2.75, 3.05) is 0 Å². The Labute approximate surface area is 109 Å². The van der Waals surface area contributed by atoms with Gasteiger partial charge in [-0.05, 0) is 17.7 Å². The van der Waals surface area contributed by atoms with Crippen LogP contribution in [0.5, 0.6) is 0 Å². The molecule has 0 aromatic carbocycles. The summed E-state index contributed by atoms with van der Waals surface area (Å²) in [7, 11) is 0. The van der Waals surface area contributed by atoms with Crippen molar-refractivity contribution in [3.8, 4) is 0 Å². The molecule has 0 saturated carbocycles. The number of hydrogen-bond donors (Lipinski definition) is 0. The van der Waals surface area contributed by atoms with Crippen molar-refractivity contribution in [3.63, 3.8) is 0 Å². The number of hydrogen-bond acceptors (Lipinski definition) is 4. The highest BCUT2D eigenvalue weighted by Crippen LogP contribution is 2.41. The fraction of sp³-hybridized carbons (Fsp3) is 0.455. The van der Waals surface area contributed by atoms with Gasteiger partial charge < -0.3 is 0 Å². The van der Waals surface area contributed by atoms with Crippen molar-refractivity contribution >= 4 is 34.3 Å². The molecule has 1 unspecified atom stereocenters. The first-order valence-corrected chi connectivity index (χ1v) is 6.42. The summed E-state index contributed by atoms with van der Waals surface area (Å²) in [5.74, 6) is -0.172. The average Bonchev–Trinajstić information content (AvgIpc) is 2.60. The molecule has 0 aliphatic carbocycles. The van der Waals surface area contributed by atoms with Gasteiger partial charge in [-0.25, -0.2) is 15.0 Å². The molecule has 90 valence electrons. The molecule has 0 spiro atoms. The molecule has 4 nitrogen and oxygen atoms in total. The normalized spacial score (nSPS) is 20.6. The largest absolute Gasteiger partial charge is 0.271 e. The van der Waals surface area contributed by atoms with Gasteiger partial charge in [-0.3, -0.25) is 4.79 Å². The van der Waals surface area contributed by atoms with Gasteiger partial charge in [0.2, 0.25) is 5.28 Å². The topological polar surface area (TPSA) is 55.2 Å². The lowest BCUT2D eigenvalue weighted by molar-refractivity contribution is -0.117. The van der Waals surface area contributed by atoms with Crippen molar-refractivity contribution < 1.29 is 4.79 Å². The van der Waals surface area contributed by atoms with Crippen LogP contribution in [0.3, 0.4) is 0 Å². The first-order valence-electron chi connectivity index (χ1n) is 5.16.